The highest BCUT2D eigenvalue weighted by atomic mass is 32.2. The molecule has 0 fully saturated rings. The zero-order valence-corrected chi connectivity index (χ0v) is 9.26. The molecule has 1 rings (SSSR count). The van der Waals surface area contributed by atoms with Crippen molar-refractivity contribution in [2.75, 3.05) is 0 Å². The van der Waals surface area contributed by atoms with Gasteiger partial charge in [0.2, 0.25) is 0 Å². The Morgan fingerprint density at radius 3 is 2.41 bits per heavy atom. The Bertz CT molecular complexity index is 539. The lowest BCUT2D eigenvalue weighted by Crippen LogP contribution is -2.40. The first-order chi connectivity index (χ1) is 7.63. The van der Waals surface area contributed by atoms with Crippen molar-refractivity contribution >= 4 is 15.9 Å². The minimum Gasteiger partial charge on any atom is -0.266 e. The predicted molar refractivity (Wildman–Crippen MR) is 51.4 cm³/mol. The number of aromatic nitrogens is 1. The Morgan fingerprint density at radius 1 is 1.35 bits per heavy atom. The van der Waals surface area contributed by atoms with Crippen molar-refractivity contribution in [1.29, 1.82) is 0 Å². The van der Waals surface area contributed by atoms with Crippen LogP contribution in [0.25, 0.3) is 0 Å². The molecule has 1 amide bonds. The number of carbonyl (C=O) groups excluding carboxylic acids is 1. The van der Waals surface area contributed by atoms with Crippen LogP contribution in [0, 0.1) is 6.92 Å². The van der Waals surface area contributed by atoms with Gasteiger partial charge in [-0.25, -0.2) is 9.71 Å². The highest BCUT2D eigenvalue weighted by Gasteiger charge is 2.47. The van der Waals surface area contributed by atoms with Gasteiger partial charge in [0.05, 0.1) is 0 Å². The molecule has 5 nitrogen and oxygen atoms in total. The minimum atomic E-state index is -5.70. The van der Waals surface area contributed by atoms with Crippen LogP contribution in [0.3, 0.4) is 0 Å². The lowest BCUT2D eigenvalue weighted by atomic mass is 10.3. The number of sulfonamides is 1. The molecule has 0 aliphatic rings. The van der Waals surface area contributed by atoms with Gasteiger partial charge in [0, 0.05) is 5.69 Å². The molecule has 17 heavy (non-hydrogen) atoms. The summed E-state index contributed by atoms with van der Waals surface area (Å²) in [5.74, 6) is -1.42. The number of rotatable bonds is 2. The van der Waals surface area contributed by atoms with Crippen LogP contribution in [0.15, 0.2) is 18.2 Å². The molecule has 0 saturated heterocycles. The fourth-order valence-electron chi connectivity index (χ4n) is 0.902. The standard InChI is InChI=1S/C8H7F3N2O3S/c1-5-3-2-4-6(12-5)7(14)13-17(15,16)8(9,10)11/h2-4H,1H3,(H,13,14). The molecule has 0 saturated carbocycles. The molecule has 0 radical (unpaired) electrons. The van der Waals surface area contributed by atoms with Gasteiger partial charge in [-0.2, -0.15) is 21.6 Å². The molecule has 0 aliphatic heterocycles. The van der Waals surface area contributed by atoms with Gasteiger partial charge in [0.15, 0.2) is 0 Å². The van der Waals surface area contributed by atoms with Crippen molar-refractivity contribution in [1.82, 2.24) is 9.71 Å². The molecule has 9 heteroatoms. The molecular formula is C8H7F3N2O3S. The molecule has 0 spiro atoms. The normalized spacial score (nSPS) is 12.2. The highest BCUT2D eigenvalue weighted by Crippen LogP contribution is 2.21. The number of amides is 1. The van der Waals surface area contributed by atoms with Crippen molar-refractivity contribution in [2.24, 2.45) is 0 Å². The van der Waals surface area contributed by atoms with Gasteiger partial charge in [-0.3, -0.25) is 4.79 Å². The zero-order chi connectivity index (χ0) is 13.3. The van der Waals surface area contributed by atoms with Gasteiger partial charge in [0.1, 0.15) is 5.69 Å². The van der Waals surface area contributed by atoms with Crippen molar-refractivity contribution < 1.29 is 26.4 Å². The van der Waals surface area contributed by atoms with E-state index < -0.39 is 27.1 Å². The van der Waals surface area contributed by atoms with E-state index in [9.17, 15) is 26.4 Å². The summed E-state index contributed by atoms with van der Waals surface area (Å²) in [6.45, 7) is 1.51. The van der Waals surface area contributed by atoms with Crippen LogP contribution in [0.4, 0.5) is 13.2 Å². The minimum absolute atomic E-state index is 0.377. The van der Waals surface area contributed by atoms with E-state index >= 15 is 0 Å². The summed E-state index contributed by atoms with van der Waals surface area (Å²) in [5, 5.41) is 0. The average molecular weight is 268 g/mol. The molecule has 94 valence electrons. The van der Waals surface area contributed by atoms with Gasteiger partial charge < -0.3 is 0 Å². The molecule has 1 aromatic rings. The molecule has 0 atom stereocenters. The molecule has 1 heterocycles. The number of alkyl halides is 3. The second-order valence-electron chi connectivity index (χ2n) is 3.04. The van der Waals surface area contributed by atoms with E-state index in [4.69, 9.17) is 0 Å². The van der Waals surface area contributed by atoms with Crippen molar-refractivity contribution in [3.8, 4) is 0 Å². The van der Waals surface area contributed by atoms with Gasteiger partial charge in [0.25, 0.3) is 5.91 Å². The number of pyridine rings is 1. The fraction of sp³-hybridized carbons (Fsp3) is 0.250. The first-order valence-corrected chi connectivity index (χ1v) is 5.69. The van der Waals surface area contributed by atoms with Crippen molar-refractivity contribution in [3.63, 3.8) is 0 Å². The van der Waals surface area contributed by atoms with Crippen LogP contribution in [-0.2, 0) is 10.0 Å². The Morgan fingerprint density at radius 2 is 1.94 bits per heavy atom. The summed E-state index contributed by atoms with van der Waals surface area (Å²) < 4.78 is 58.1. The number of carbonyl (C=O) groups is 1. The monoisotopic (exact) mass is 268 g/mol. The molecule has 1 aromatic heterocycles. The van der Waals surface area contributed by atoms with Gasteiger partial charge in [-0.05, 0) is 19.1 Å². The first kappa shape index (κ1) is 13.4. The quantitative estimate of drug-likeness (QED) is 0.867. The molecule has 0 aliphatic carbocycles. The fourth-order valence-corrected chi connectivity index (χ4v) is 1.37. The smallest absolute Gasteiger partial charge is 0.266 e. The third kappa shape index (κ3) is 3.16. The third-order valence-corrected chi connectivity index (χ3v) is 2.72. The third-order valence-electron chi connectivity index (χ3n) is 1.65. The van der Waals surface area contributed by atoms with E-state index in [1.54, 1.807) is 0 Å². The Balaban J connectivity index is 2.96. The van der Waals surface area contributed by atoms with Crippen molar-refractivity contribution in [2.45, 2.75) is 12.4 Å². The maximum absolute atomic E-state index is 12.0. The zero-order valence-electron chi connectivity index (χ0n) is 8.45. The highest BCUT2D eigenvalue weighted by molar-refractivity contribution is 7.90. The van der Waals surface area contributed by atoms with Crippen LogP contribution in [0.2, 0.25) is 0 Å². The lowest BCUT2D eigenvalue weighted by molar-refractivity contribution is -0.0446. The maximum atomic E-state index is 12.0. The van der Waals surface area contributed by atoms with E-state index in [1.807, 2.05) is 0 Å². The number of halogens is 3. The summed E-state index contributed by atoms with van der Waals surface area (Å²) in [6, 6.07) is 3.99. The summed E-state index contributed by atoms with van der Waals surface area (Å²) in [7, 11) is -5.70. The molecule has 0 unspecified atom stereocenters. The first-order valence-electron chi connectivity index (χ1n) is 4.20. The molecule has 1 N–H and O–H groups in total. The van der Waals surface area contributed by atoms with E-state index in [2.05, 4.69) is 4.98 Å². The van der Waals surface area contributed by atoms with Crippen LogP contribution in [0.5, 0.6) is 0 Å². The summed E-state index contributed by atoms with van der Waals surface area (Å²) in [4.78, 5) is 14.8. The van der Waals surface area contributed by atoms with Gasteiger partial charge >= 0.3 is 15.5 Å². The van der Waals surface area contributed by atoms with Gasteiger partial charge in [-0.1, -0.05) is 6.07 Å². The van der Waals surface area contributed by atoms with Crippen molar-refractivity contribution in [3.05, 3.63) is 29.6 Å². The van der Waals surface area contributed by atoms with E-state index in [0.29, 0.717) is 5.69 Å². The summed E-state index contributed by atoms with van der Waals surface area (Å²) in [5.41, 5.74) is -5.56. The number of hydrogen-bond acceptors (Lipinski definition) is 4. The van der Waals surface area contributed by atoms with Crippen LogP contribution >= 0.6 is 0 Å². The second-order valence-corrected chi connectivity index (χ2v) is 4.72. The Labute approximate surface area is 94.7 Å². The van der Waals surface area contributed by atoms with E-state index in [1.165, 1.54) is 19.1 Å². The second kappa shape index (κ2) is 4.32. The molecular weight excluding hydrogens is 261 g/mol. The van der Waals surface area contributed by atoms with E-state index in [0.717, 1.165) is 10.8 Å². The largest absolute Gasteiger partial charge is 0.516 e. The average Bonchev–Trinajstić information content (AvgIpc) is 2.15. The summed E-state index contributed by atoms with van der Waals surface area (Å²) in [6.07, 6.45) is 0. The number of nitrogens with one attached hydrogen (secondary N) is 1. The number of hydrogen-bond donors (Lipinski definition) is 1. The van der Waals surface area contributed by atoms with E-state index in [-0.39, 0.29) is 0 Å². The van der Waals surface area contributed by atoms with Gasteiger partial charge in [-0.15, -0.1) is 0 Å². The summed E-state index contributed by atoms with van der Waals surface area (Å²) >= 11 is 0. The molecule has 0 bridgehead atoms. The predicted octanol–water partition coefficient (Wildman–Crippen LogP) is 0.969. The lowest BCUT2D eigenvalue weighted by Gasteiger charge is -2.08. The van der Waals surface area contributed by atoms with Crippen LogP contribution in [-0.4, -0.2) is 24.8 Å². The van der Waals surface area contributed by atoms with Crippen LogP contribution < -0.4 is 4.72 Å². The number of nitrogens with zero attached hydrogens (tertiary/aromatic N) is 1. The number of aryl methyl sites for hydroxylation is 1. The Hall–Kier alpha value is -1.64. The maximum Gasteiger partial charge on any atom is 0.516 e. The molecule has 0 aromatic carbocycles. The topological polar surface area (TPSA) is 76.1 Å². The Kier molecular flexibility index (Phi) is 3.41. The van der Waals surface area contributed by atoms with Crippen LogP contribution in [0.1, 0.15) is 16.2 Å². The SMILES string of the molecule is Cc1cccc(C(=O)NS(=O)(=O)C(F)(F)F)n1.